The summed E-state index contributed by atoms with van der Waals surface area (Å²) in [5.74, 6) is -0.481. The maximum Gasteiger partial charge on any atom is 0.168 e. The van der Waals surface area contributed by atoms with Gasteiger partial charge in [0.1, 0.15) is 0 Å². The molecule has 0 bridgehead atoms. The molecule has 0 unspecified atom stereocenters. The quantitative estimate of drug-likeness (QED) is 0.863. The number of aliphatic hydroxyl groups is 1. The van der Waals surface area contributed by atoms with Crippen LogP contribution in [0.4, 0.5) is 0 Å². The van der Waals surface area contributed by atoms with Crippen molar-refractivity contribution in [3.63, 3.8) is 0 Å². The molecule has 1 spiro atoms. The predicted molar refractivity (Wildman–Crippen MR) is 73.5 cm³/mol. The maximum atomic E-state index is 10.8. The van der Waals surface area contributed by atoms with Gasteiger partial charge >= 0.3 is 0 Å². The maximum absolute atomic E-state index is 10.8. The average Bonchev–Trinajstić information content (AvgIpc) is 2.82. The molecule has 5 heteroatoms. The van der Waals surface area contributed by atoms with Gasteiger partial charge in [0.2, 0.25) is 0 Å². The van der Waals surface area contributed by atoms with Gasteiger partial charge < -0.3 is 14.6 Å². The van der Waals surface area contributed by atoms with E-state index in [4.69, 9.17) is 32.7 Å². The van der Waals surface area contributed by atoms with Crippen LogP contribution in [0.25, 0.3) is 0 Å². The molecule has 1 saturated heterocycles. The second-order valence-electron chi connectivity index (χ2n) is 5.26. The highest BCUT2D eigenvalue weighted by Gasteiger charge is 2.46. The van der Waals surface area contributed by atoms with Gasteiger partial charge in [-0.1, -0.05) is 29.3 Å². The first-order valence-electron chi connectivity index (χ1n) is 6.49. The third-order valence-electron chi connectivity index (χ3n) is 4.09. The van der Waals surface area contributed by atoms with Gasteiger partial charge in [0.15, 0.2) is 5.79 Å². The monoisotopic (exact) mass is 302 g/mol. The second kappa shape index (κ2) is 4.90. The first-order valence-corrected chi connectivity index (χ1v) is 7.25. The molecule has 1 N–H and O–H groups in total. The van der Waals surface area contributed by atoms with Gasteiger partial charge in [0.05, 0.1) is 18.8 Å². The summed E-state index contributed by atoms with van der Waals surface area (Å²) in [6.07, 6.45) is 2.52. The van der Waals surface area contributed by atoms with E-state index < -0.39 is 11.4 Å². The molecule has 0 atom stereocenters. The molecular formula is C14H16Cl2O3. The Kier molecular flexibility index (Phi) is 3.52. The Hall–Kier alpha value is -0.320. The van der Waals surface area contributed by atoms with E-state index in [9.17, 15) is 5.11 Å². The van der Waals surface area contributed by atoms with Crippen molar-refractivity contribution in [2.24, 2.45) is 0 Å². The predicted octanol–water partition coefficient (Wildman–Crippen LogP) is 3.50. The summed E-state index contributed by atoms with van der Waals surface area (Å²) < 4.78 is 11.3. The van der Waals surface area contributed by atoms with Crippen LogP contribution in [0.15, 0.2) is 18.2 Å². The minimum Gasteiger partial charge on any atom is -0.385 e. The van der Waals surface area contributed by atoms with Crippen molar-refractivity contribution in [3.05, 3.63) is 33.8 Å². The molecule has 0 aromatic heterocycles. The minimum absolute atomic E-state index is 0.481. The van der Waals surface area contributed by atoms with Crippen LogP contribution >= 0.6 is 23.2 Å². The Morgan fingerprint density at radius 1 is 1.00 bits per heavy atom. The third kappa shape index (κ3) is 2.50. The van der Waals surface area contributed by atoms with Crippen molar-refractivity contribution >= 4 is 23.2 Å². The van der Waals surface area contributed by atoms with Gasteiger partial charge in [0, 0.05) is 28.5 Å². The van der Waals surface area contributed by atoms with E-state index in [1.807, 2.05) is 0 Å². The van der Waals surface area contributed by atoms with Crippen LogP contribution in [0, 0.1) is 0 Å². The summed E-state index contributed by atoms with van der Waals surface area (Å²) in [6.45, 7) is 1.28. The van der Waals surface area contributed by atoms with E-state index in [1.165, 1.54) is 0 Å². The SMILES string of the molecule is OC1(c2ccc(Cl)cc2Cl)CCC2(CC1)OCCO2. The molecule has 1 aromatic rings. The number of benzene rings is 1. The summed E-state index contributed by atoms with van der Waals surface area (Å²) in [5.41, 5.74) is -0.172. The van der Waals surface area contributed by atoms with Gasteiger partial charge in [-0.15, -0.1) is 0 Å². The lowest BCUT2D eigenvalue weighted by atomic mass is 9.77. The standard InChI is InChI=1S/C14H16Cl2O3/c15-10-1-2-11(12(16)9-10)13(17)3-5-14(6-4-13)18-7-8-19-14/h1-2,9,17H,3-8H2. The van der Waals surface area contributed by atoms with Crippen LogP contribution in [0.2, 0.25) is 10.0 Å². The lowest BCUT2D eigenvalue weighted by molar-refractivity contribution is -0.204. The van der Waals surface area contributed by atoms with Crippen molar-refractivity contribution < 1.29 is 14.6 Å². The second-order valence-corrected chi connectivity index (χ2v) is 6.11. The molecule has 1 saturated carbocycles. The molecule has 3 rings (SSSR count). The highest BCUT2D eigenvalue weighted by molar-refractivity contribution is 6.35. The van der Waals surface area contributed by atoms with Crippen molar-refractivity contribution in [2.75, 3.05) is 13.2 Å². The Morgan fingerprint density at radius 2 is 1.63 bits per heavy atom. The molecule has 1 aliphatic heterocycles. The van der Waals surface area contributed by atoms with Crippen molar-refractivity contribution in [3.8, 4) is 0 Å². The zero-order valence-electron chi connectivity index (χ0n) is 10.5. The van der Waals surface area contributed by atoms with Crippen LogP contribution in [0.5, 0.6) is 0 Å². The average molecular weight is 303 g/mol. The lowest BCUT2D eigenvalue weighted by Gasteiger charge is -2.41. The van der Waals surface area contributed by atoms with E-state index in [-0.39, 0.29) is 0 Å². The number of rotatable bonds is 1. The molecule has 104 valence electrons. The molecular weight excluding hydrogens is 287 g/mol. The molecule has 1 heterocycles. The smallest absolute Gasteiger partial charge is 0.168 e. The van der Waals surface area contributed by atoms with Crippen LogP contribution in [0.3, 0.4) is 0 Å². The number of ether oxygens (including phenoxy) is 2. The summed E-state index contributed by atoms with van der Waals surface area (Å²) in [6, 6.07) is 5.23. The van der Waals surface area contributed by atoms with Crippen LogP contribution in [-0.4, -0.2) is 24.1 Å². The van der Waals surface area contributed by atoms with Gasteiger partial charge in [-0.3, -0.25) is 0 Å². The van der Waals surface area contributed by atoms with Crippen LogP contribution < -0.4 is 0 Å². The summed E-state index contributed by atoms with van der Waals surface area (Å²) in [7, 11) is 0. The Labute approximate surface area is 122 Å². The zero-order valence-corrected chi connectivity index (χ0v) is 12.0. The molecule has 2 aliphatic rings. The zero-order chi connectivity index (χ0) is 13.5. The van der Waals surface area contributed by atoms with Gasteiger partial charge in [-0.25, -0.2) is 0 Å². The molecule has 1 aromatic carbocycles. The molecule has 0 radical (unpaired) electrons. The van der Waals surface area contributed by atoms with Crippen molar-refractivity contribution in [1.29, 1.82) is 0 Å². The summed E-state index contributed by atoms with van der Waals surface area (Å²) in [4.78, 5) is 0. The first-order chi connectivity index (χ1) is 9.03. The molecule has 2 fully saturated rings. The van der Waals surface area contributed by atoms with E-state index in [1.54, 1.807) is 18.2 Å². The minimum atomic E-state index is -0.914. The van der Waals surface area contributed by atoms with Gasteiger partial charge in [0.25, 0.3) is 0 Å². The Morgan fingerprint density at radius 3 is 2.21 bits per heavy atom. The highest BCUT2D eigenvalue weighted by Crippen LogP contribution is 2.46. The van der Waals surface area contributed by atoms with Gasteiger partial charge in [-0.2, -0.15) is 0 Å². The molecule has 0 amide bonds. The van der Waals surface area contributed by atoms with E-state index in [0.29, 0.717) is 48.9 Å². The van der Waals surface area contributed by atoms with Crippen molar-refractivity contribution in [2.45, 2.75) is 37.1 Å². The first kappa shape index (κ1) is 13.7. The lowest BCUT2D eigenvalue weighted by Crippen LogP contribution is -2.42. The molecule has 3 nitrogen and oxygen atoms in total. The van der Waals surface area contributed by atoms with Crippen molar-refractivity contribution in [1.82, 2.24) is 0 Å². The molecule has 19 heavy (non-hydrogen) atoms. The fraction of sp³-hybridized carbons (Fsp3) is 0.571. The van der Waals surface area contributed by atoms with Crippen LogP contribution in [0.1, 0.15) is 31.2 Å². The molecule has 1 aliphatic carbocycles. The van der Waals surface area contributed by atoms with Crippen LogP contribution in [-0.2, 0) is 15.1 Å². The number of hydrogen-bond donors (Lipinski definition) is 1. The van der Waals surface area contributed by atoms with E-state index in [2.05, 4.69) is 0 Å². The number of hydrogen-bond acceptors (Lipinski definition) is 3. The fourth-order valence-corrected chi connectivity index (χ4v) is 3.55. The van der Waals surface area contributed by atoms with E-state index >= 15 is 0 Å². The normalized spacial score (nSPS) is 24.8. The Bertz CT molecular complexity index is 474. The summed E-state index contributed by atoms with van der Waals surface area (Å²) in [5, 5.41) is 11.9. The number of halogens is 2. The third-order valence-corrected chi connectivity index (χ3v) is 4.63. The fourth-order valence-electron chi connectivity index (χ4n) is 2.97. The summed E-state index contributed by atoms with van der Waals surface area (Å²) >= 11 is 12.1. The Balaban J connectivity index is 1.81. The largest absolute Gasteiger partial charge is 0.385 e. The topological polar surface area (TPSA) is 38.7 Å². The van der Waals surface area contributed by atoms with E-state index in [0.717, 1.165) is 5.56 Å². The van der Waals surface area contributed by atoms with Gasteiger partial charge in [-0.05, 0) is 25.0 Å². The highest BCUT2D eigenvalue weighted by atomic mass is 35.5.